The predicted octanol–water partition coefficient (Wildman–Crippen LogP) is 1.37. The number of hydrogen-bond acceptors (Lipinski definition) is 3. The van der Waals surface area contributed by atoms with Gasteiger partial charge < -0.3 is 15.8 Å². The molecule has 3 rings (SSSR count). The monoisotopic (exact) mass is 218 g/mol. The van der Waals surface area contributed by atoms with E-state index < -0.39 is 0 Å². The van der Waals surface area contributed by atoms with E-state index in [-0.39, 0.29) is 0 Å². The maximum absolute atomic E-state index is 5.83. The minimum Gasteiger partial charge on any atom is -0.493 e. The highest BCUT2D eigenvalue weighted by Gasteiger charge is 2.25. The van der Waals surface area contributed by atoms with E-state index in [1.54, 1.807) is 0 Å². The summed E-state index contributed by atoms with van der Waals surface area (Å²) in [4.78, 5) is 0. The Hall–Kier alpha value is -1.06. The van der Waals surface area contributed by atoms with Gasteiger partial charge in [-0.3, -0.25) is 0 Å². The van der Waals surface area contributed by atoms with Crippen LogP contribution in [-0.4, -0.2) is 19.2 Å². The van der Waals surface area contributed by atoms with Gasteiger partial charge in [-0.1, -0.05) is 12.1 Å². The molecule has 16 heavy (non-hydrogen) atoms. The number of nitrogens with one attached hydrogen (secondary N) is 1. The molecule has 1 aromatic carbocycles. The van der Waals surface area contributed by atoms with Gasteiger partial charge in [0.15, 0.2) is 0 Å². The van der Waals surface area contributed by atoms with Crippen molar-refractivity contribution in [2.75, 3.05) is 13.2 Å². The fraction of sp³-hybridized carbons (Fsp3) is 0.538. The topological polar surface area (TPSA) is 47.3 Å². The normalized spacial score (nSPS) is 20.3. The average molecular weight is 218 g/mol. The Labute approximate surface area is 96.0 Å². The summed E-state index contributed by atoms with van der Waals surface area (Å²) in [5, 5.41) is 3.58. The first kappa shape index (κ1) is 10.1. The molecule has 2 aliphatic rings. The molecule has 0 spiro atoms. The fourth-order valence-electron chi connectivity index (χ4n) is 2.26. The van der Waals surface area contributed by atoms with Crippen LogP contribution in [0.4, 0.5) is 0 Å². The van der Waals surface area contributed by atoms with Crippen molar-refractivity contribution in [2.24, 2.45) is 5.73 Å². The molecule has 1 atom stereocenters. The summed E-state index contributed by atoms with van der Waals surface area (Å²) in [5.41, 5.74) is 8.46. The van der Waals surface area contributed by atoms with Gasteiger partial charge in [0.25, 0.3) is 0 Å². The lowest BCUT2D eigenvalue weighted by molar-refractivity contribution is 0.356. The van der Waals surface area contributed by atoms with Crippen molar-refractivity contribution in [3.63, 3.8) is 0 Å². The van der Waals surface area contributed by atoms with Crippen molar-refractivity contribution < 1.29 is 4.74 Å². The molecule has 3 heteroatoms. The molecule has 3 N–H and O–H groups in total. The zero-order chi connectivity index (χ0) is 11.0. The lowest BCUT2D eigenvalue weighted by Crippen LogP contribution is -2.29. The van der Waals surface area contributed by atoms with Gasteiger partial charge in [-0.05, 0) is 30.0 Å². The molecule has 0 radical (unpaired) electrons. The largest absolute Gasteiger partial charge is 0.493 e. The Morgan fingerprint density at radius 1 is 1.44 bits per heavy atom. The van der Waals surface area contributed by atoms with Crippen molar-refractivity contribution in [2.45, 2.75) is 31.3 Å². The highest BCUT2D eigenvalue weighted by molar-refractivity contribution is 5.41. The van der Waals surface area contributed by atoms with E-state index in [2.05, 4.69) is 23.5 Å². The van der Waals surface area contributed by atoms with Crippen molar-refractivity contribution in [1.29, 1.82) is 0 Å². The molecule has 3 nitrogen and oxygen atoms in total. The molecule has 0 amide bonds. The minimum atomic E-state index is 0.304. The van der Waals surface area contributed by atoms with Crippen LogP contribution in [0.3, 0.4) is 0 Å². The molecule has 1 aliphatic carbocycles. The Bertz CT molecular complexity index is 388. The molecule has 86 valence electrons. The summed E-state index contributed by atoms with van der Waals surface area (Å²) >= 11 is 0. The van der Waals surface area contributed by atoms with E-state index in [9.17, 15) is 0 Å². The molecule has 1 fully saturated rings. The molecular weight excluding hydrogens is 200 g/mol. The van der Waals surface area contributed by atoms with E-state index in [1.807, 2.05) is 0 Å². The minimum absolute atomic E-state index is 0.304. The molecule has 1 aliphatic heterocycles. The highest BCUT2D eigenvalue weighted by atomic mass is 16.5. The number of benzene rings is 1. The zero-order valence-electron chi connectivity index (χ0n) is 9.41. The number of rotatable bonds is 4. The second-order valence-corrected chi connectivity index (χ2v) is 4.69. The van der Waals surface area contributed by atoms with Gasteiger partial charge in [-0.25, -0.2) is 0 Å². The lowest BCUT2D eigenvalue weighted by atomic mass is 10.0. The number of nitrogens with two attached hydrogens (primary N) is 1. The number of ether oxygens (including phenoxy) is 1. The van der Waals surface area contributed by atoms with Gasteiger partial charge >= 0.3 is 0 Å². The Morgan fingerprint density at radius 3 is 3.06 bits per heavy atom. The van der Waals surface area contributed by atoms with Crippen LogP contribution in [0.5, 0.6) is 5.75 Å². The molecule has 0 bridgehead atoms. The predicted molar refractivity (Wildman–Crippen MR) is 63.6 cm³/mol. The first-order chi connectivity index (χ1) is 7.86. The zero-order valence-corrected chi connectivity index (χ0v) is 9.41. The summed E-state index contributed by atoms with van der Waals surface area (Å²) in [6, 6.07) is 7.46. The van der Waals surface area contributed by atoms with E-state index in [0.29, 0.717) is 18.6 Å². The van der Waals surface area contributed by atoms with Crippen LogP contribution in [0.1, 0.15) is 30.0 Å². The third-order valence-corrected chi connectivity index (χ3v) is 3.37. The second kappa shape index (κ2) is 4.07. The van der Waals surface area contributed by atoms with Crippen molar-refractivity contribution >= 4 is 0 Å². The van der Waals surface area contributed by atoms with Crippen molar-refractivity contribution in [1.82, 2.24) is 5.32 Å². The van der Waals surface area contributed by atoms with E-state index in [4.69, 9.17) is 10.5 Å². The Kier molecular flexibility index (Phi) is 2.58. The summed E-state index contributed by atoms with van der Waals surface area (Å²) < 4.78 is 5.51. The van der Waals surface area contributed by atoms with Crippen LogP contribution < -0.4 is 15.8 Å². The maximum atomic E-state index is 5.83. The van der Waals surface area contributed by atoms with E-state index in [1.165, 1.54) is 24.0 Å². The number of fused-ring (bicyclic) bond motifs is 1. The summed E-state index contributed by atoms with van der Waals surface area (Å²) in [7, 11) is 0. The van der Waals surface area contributed by atoms with Gasteiger partial charge in [0.1, 0.15) is 5.75 Å². The van der Waals surface area contributed by atoms with Gasteiger partial charge in [-0.15, -0.1) is 0 Å². The number of hydrogen-bond donors (Lipinski definition) is 2. The van der Waals surface area contributed by atoms with Crippen LogP contribution in [0.15, 0.2) is 18.2 Å². The van der Waals surface area contributed by atoms with Crippen LogP contribution >= 0.6 is 0 Å². The van der Waals surface area contributed by atoms with Gasteiger partial charge in [0, 0.05) is 25.0 Å². The summed E-state index contributed by atoms with van der Waals surface area (Å²) in [6.45, 7) is 1.48. The summed E-state index contributed by atoms with van der Waals surface area (Å²) in [5.74, 6) is 1.05. The molecule has 0 saturated heterocycles. The third-order valence-electron chi connectivity index (χ3n) is 3.37. The fourth-order valence-corrected chi connectivity index (χ4v) is 2.26. The van der Waals surface area contributed by atoms with E-state index >= 15 is 0 Å². The molecule has 1 saturated carbocycles. The van der Waals surface area contributed by atoms with Gasteiger partial charge in [0.05, 0.1) is 6.61 Å². The van der Waals surface area contributed by atoms with Gasteiger partial charge in [-0.2, -0.15) is 0 Å². The smallest absolute Gasteiger partial charge is 0.122 e. The lowest BCUT2D eigenvalue weighted by Gasteiger charge is -2.17. The summed E-state index contributed by atoms with van der Waals surface area (Å²) in [6.07, 6.45) is 3.62. The van der Waals surface area contributed by atoms with Crippen LogP contribution in [-0.2, 0) is 6.42 Å². The Morgan fingerprint density at radius 2 is 2.31 bits per heavy atom. The van der Waals surface area contributed by atoms with Gasteiger partial charge in [0.2, 0.25) is 0 Å². The van der Waals surface area contributed by atoms with Crippen molar-refractivity contribution in [3.05, 3.63) is 29.3 Å². The molecule has 1 unspecified atom stereocenters. The van der Waals surface area contributed by atoms with E-state index in [0.717, 1.165) is 18.8 Å². The molecule has 1 aromatic rings. The quantitative estimate of drug-likeness (QED) is 0.802. The standard InChI is InChI=1S/C13H18N2O/c14-8-12(15-11-2-3-11)9-1-4-13-10(7-9)5-6-16-13/h1,4,7,11-12,15H,2-3,5-6,8,14H2. The average Bonchev–Trinajstić information content (AvgIpc) is 3.01. The second-order valence-electron chi connectivity index (χ2n) is 4.69. The van der Waals surface area contributed by atoms with Crippen LogP contribution in [0.2, 0.25) is 0 Å². The Balaban J connectivity index is 1.80. The highest BCUT2D eigenvalue weighted by Crippen LogP contribution is 2.29. The first-order valence-electron chi connectivity index (χ1n) is 6.08. The van der Waals surface area contributed by atoms with Crippen LogP contribution in [0.25, 0.3) is 0 Å². The first-order valence-corrected chi connectivity index (χ1v) is 6.08. The molecule has 1 heterocycles. The maximum Gasteiger partial charge on any atom is 0.122 e. The van der Waals surface area contributed by atoms with Crippen LogP contribution in [0, 0.1) is 0 Å². The molecule has 0 aromatic heterocycles. The SMILES string of the molecule is NCC(NC1CC1)c1ccc2c(c1)CCO2. The molecular formula is C13H18N2O. The third kappa shape index (κ3) is 1.93. The van der Waals surface area contributed by atoms with Crippen molar-refractivity contribution in [3.8, 4) is 5.75 Å².